The second-order valence-corrected chi connectivity index (χ2v) is 9.53. The van der Waals surface area contributed by atoms with Gasteiger partial charge < -0.3 is 15.5 Å². The molecule has 0 aliphatic carbocycles. The molecular weight excluding hydrogens is 372 g/mol. The molecule has 1 aromatic heterocycles. The summed E-state index contributed by atoms with van der Waals surface area (Å²) in [5, 5.41) is 7.66. The van der Waals surface area contributed by atoms with Crippen molar-refractivity contribution in [2.24, 2.45) is 0 Å². The molecule has 3 unspecified atom stereocenters. The average molecular weight is 411 g/mol. The van der Waals surface area contributed by atoms with E-state index in [-0.39, 0.29) is 0 Å². The molecule has 3 aliphatic heterocycles. The highest BCUT2D eigenvalue weighted by Crippen LogP contribution is 2.16. The van der Waals surface area contributed by atoms with Gasteiger partial charge >= 0.3 is 0 Å². The van der Waals surface area contributed by atoms with Gasteiger partial charge in [-0.25, -0.2) is 0 Å². The van der Waals surface area contributed by atoms with E-state index in [1.54, 1.807) is 0 Å². The van der Waals surface area contributed by atoms with Gasteiger partial charge in [-0.05, 0) is 52.2 Å². The highest BCUT2D eigenvalue weighted by molar-refractivity contribution is 5.21. The van der Waals surface area contributed by atoms with Crippen LogP contribution >= 0.6 is 0 Å². The third-order valence-electron chi connectivity index (χ3n) is 6.33. The highest BCUT2D eigenvalue weighted by Gasteiger charge is 2.24. The summed E-state index contributed by atoms with van der Waals surface area (Å²) in [5.41, 5.74) is 3.59. The predicted molar refractivity (Wildman–Crippen MR) is 123 cm³/mol. The maximum Gasteiger partial charge on any atom is 0.0572 e. The summed E-state index contributed by atoms with van der Waals surface area (Å²) in [7, 11) is 6.66. The Kier molecular flexibility index (Phi) is 7.20. The molecule has 4 heterocycles. The van der Waals surface area contributed by atoms with E-state index in [4.69, 9.17) is 4.98 Å². The number of nitrogens with one attached hydrogen (secondary N) is 2. The van der Waals surface area contributed by atoms with Crippen LogP contribution in [0.5, 0.6) is 0 Å². The molecule has 3 aliphatic rings. The second kappa shape index (κ2) is 10.1. The predicted octanol–water partition coefficient (Wildman–Crippen LogP) is 1.81. The van der Waals surface area contributed by atoms with Crippen molar-refractivity contribution < 1.29 is 0 Å². The molecule has 164 valence electrons. The lowest BCUT2D eigenvalue weighted by molar-refractivity contribution is 0.194. The third kappa shape index (κ3) is 6.14. The average Bonchev–Trinajstić information content (AvgIpc) is 2.67. The molecule has 30 heavy (non-hydrogen) atoms. The molecule has 2 N–H and O–H groups in total. The summed E-state index contributed by atoms with van der Waals surface area (Å²) in [5.74, 6) is 0. The van der Waals surface area contributed by atoms with Crippen LogP contribution in [0.1, 0.15) is 30.7 Å². The first-order chi connectivity index (χ1) is 14.5. The van der Waals surface area contributed by atoms with Crippen molar-refractivity contribution in [2.45, 2.75) is 50.5 Å². The minimum Gasteiger partial charge on any atom is -0.380 e. The SMILES string of the molecule is CN1CC2=CC=CC(CN(C)CC3CCCC(CN(C)Cc4cccc(n4)C1)N3)N2. The van der Waals surface area contributed by atoms with Gasteiger partial charge in [-0.3, -0.25) is 14.8 Å². The number of aromatic nitrogens is 1. The first-order valence-electron chi connectivity index (χ1n) is 11.4. The fourth-order valence-electron chi connectivity index (χ4n) is 5.08. The highest BCUT2D eigenvalue weighted by atomic mass is 15.2. The maximum absolute atomic E-state index is 4.94. The van der Waals surface area contributed by atoms with Crippen molar-refractivity contribution in [3.63, 3.8) is 0 Å². The third-order valence-corrected chi connectivity index (χ3v) is 6.33. The van der Waals surface area contributed by atoms with Crippen molar-refractivity contribution >= 4 is 0 Å². The van der Waals surface area contributed by atoms with Gasteiger partial charge in [0.1, 0.15) is 0 Å². The van der Waals surface area contributed by atoms with E-state index in [0.717, 1.165) is 50.7 Å². The number of hydrogen-bond donors (Lipinski definition) is 2. The van der Waals surface area contributed by atoms with Crippen LogP contribution < -0.4 is 10.6 Å². The Hall–Kier alpha value is -1.73. The minimum atomic E-state index is 0.370. The van der Waals surface area contributed by atoms with Crippen molar-refractivity contribution in [2.75, 3.05) is 47.3 Å². The van der Waals surface area contributed by atoms with Gasteiger partial charge in [0.15, 0.2) is 0 Å². The molecule has 4 rings (SSSR count). The lowest BCUT2D eigenvalue weighted by Crippen LogP contribution is -2.52. The van der Waals surface area contributed by atoms with E-state index in [9.17, 15) is 0 Å². The molecule has 0 spiro atoms. The largest absolute Gasteiger partial charge is 0.380 e. The number of pyridine rings is 1. The number of rotatable bonds is 0. The normalized spacial score (nSPS) is 30.1. The quantitative estimate of drug-likeness (QED) is 0.680. The summed E-state index contributed by atoms with van der Waals surface area (Å²) >= 11 is 0. The Morgan fingerprint density at radius 1 is 0.867 bits per heavy atom. The van der Waals surface area contributed by atoms with Crippen LogP contribution in [0.25, 0.3) is 0 Å². The molecule has 0 radical (unpaired) electrons. The fraction of sp³-hybridized carbons (Fsp3) is 0.625. The summed E-state index contributed by atoms with van der Waals surface area (Å²) in [6.45, 7) is 5.88. The molecular formula is C24H38N6. The van der Waals surface area contributed by atoms with Gasteiger partial charge in [0.2, 0.25) is 0 Å². The number of nitrogens with zero attached hydrogens (tertiary/aromatic N) is 4. The zero-order valence-corrected chi connectivity index (χ0v) is 18.8. The van der Waals surface area contributed by atoms with E-state index in [0.29, 0.717) is 18.1 Å². The molecule has 6 nitrogen and oxygen atoms in total. The number of piperidine rings is 1. The lowest BCUT2D eigenvalue weighted by atomic mass is 9.97. The molecule has 0 amide bonds. The molecule has 1 aromatic rings. The summed E-state index contributed by atoms with van der Waals surface area (Å²) in [6.07, 6.45) is 10.6. The van der Waals surface area contributed by atoms with Crippen LogP contribution in [-0.4, -0.2) is 85.1 Å². The van der Waals surface area contributed by atoms with Gasteiger partial charge in [0.05, 0.1) is 17.4 Å². The summed E-state index contributed by atoms with van der Waals surface area (Å²) < 4.78 is 0. The fourth-order valence-corrected chi connectivity index (χ4v) is 5.08. The molecule has 3 atom stereocenters. The van der Waals surface area contributed by atoms with E-state index in [2.05, 4.69) is 82.9 Å². The van der Waals surface area contributed by atoms with Crippen LogP contribution in [-0.2, 0) is 13.1 Å². The zero-order chi connectivity index (χ0) is 20.9. The molecule has 6 heteroatoms. The Balaban J connectivity index is 1.51. The first-order valence-corrected chi connectivity index (χ1v) is 11.4. The molecule has 6 bridgehead atoms. The second-order valence-electron chi connectivity index (χ2n) is 9.53. The molecule has 1 saturated heterocycles. The summed E-state index contributed by atoms with van der Waals surface area (Å²) in [4.78, 5) is 12.2. The van der Waals surface area contributed by atoms with Crippen LogP contribution in [0.4, 0.5) is 0 Å². The van der Waals surface area contributed by atoms with Crippen LogP contribution in [0, 0.1) is 0 Å². The maximum atomic E-state index is 4.94. The summed E-state index contributed by atoms with van der Waals surface area (Å²) in [6, 6.07) is 7.97. The number of dihydropyridines is 1. The van der Waals surface area contributed by atoms with E-state index in [1.807, 2.05) is 0 Å². The Morgan fingerprint density at radius 3 is 2.33 bits per heavy atom. The van der Waals surface area contributed by atoms with E-state index < -0.39 is 0 Å². The van der Waals surface area contributed by atoms with Gasteiger partial charge in [-0.2, -0.15) is 0 Å². The number of hydrogen-bond acceptors (Lipinski definition) is 6. The van der Waals surface area contributed by atoms with Crippen LogP contribution in [0.15, 0.2) is 42.1 Å². The molecule has 0 aromatic carbocycles. The van der Waals surface area contributed by atoms with E-state index >= 15 is 0 Å². The Bertz CT molecular complexity index is 760. The number of fused-ring (bicyclic) bond motifs is 6. The van der Waals surface area contributed by atoms with Gasteiger partial charge in [0.25, 0.3) is 0 Å². The van der Waals surface area contributed by atoms with Crippen molar-refractivity contribution in [3.05, 3.63) is 53.5 Å². The lowest BCUT2D eigenvalue weighted by Gasteiger charge is -2.36. The topological polar surface area (TPSA) is 46.7 Å². The van der Waals surface area contributed by atoms with Gasteiger partial charge in [-0.1, -0.05) is 24.6 Å². The van der Waals surface area contributed by atoms with E-state index in [1.165, 1.54) is 25.0 Å². The zero-order valence-electron chi connectivity index (χ0n) is 18.8. The van der Waals surface area contributed by atoms with Crippen molar-refractivity contribution in [3.8, 4) is 0 Å². The molecule has 1 fully saturated rings. The monoisotopic (exact) mass is 410 g/mol. The minimum absolute atomic E-state index is 0.370. The Morgan fingerprint density at radius 2 is 1.57 bits per heavy atom. The Labute approximate surface area is 182 Å². The smallest absolute Gasteiger partial charge is 0.0572 e. The van der Waals surface area contributed by atoms with Gasteiger partial charge in [0, 0.05) is 57.0 Å². The number of allylic oxidation sites excluding steroid dienone is 2. The number of likely N-dealkylation sites (N-methyl/N-ethyl adjacent to an activating group) is 3. The van der Waals surface area contributed by atoms with Crippen LogP contribution in [0.3, 0.4) is 0 Å². The van der Waals surface area contributed by atoms with Crippen LogP contribution in [0.2, 0.25) is 0 Å². The molecule has 0 saturated carbocycles. The first kappa shape index (κ1) is 21.5. The van der Waals surface area contributed by atoms with Crippen molar-refractivity contribution in [1.82, 2.24) is 30.3 Å². The standard InChI is InChI=1S/C24H38N6/c1-28-13-19-7-4-9-21(25-19)15-29(2)17-23-11-6-12-24(27-23)18-30(3)16-22-10-5-8-20(14-28)26-22/h4-5,7-10,21,23-25,27H,6,11-18H2,1-3H3. The van der Waals surface area contributed by atoms with Gasteiger partial charge in [-0.15, -0.1) is 0 Å². The van der Waals surface area contributed by atoms with Crippen molar-refractivity contribution in [1.29, 1.82) is 0 Å².